The second kappa shape index (κ2) is 16.8. The van der Waals surface area contributed by atoms with Gasteiger partial charge in [-0.3, -0.25) is 13.9 Å². The number of carbonyl (C=O) groups is 2. The molecule has 0 fully saturated rings. The largest absolute Gasteiger partial charge is 0.457 e. The molecule has 0 heterocycles. The number of hydrogen-bond donors (Lipinski definition) is 1. The maximum atomic E-state index is 14.7. The molecule has 9 heteroatoms. The molecule has 1 N–H and O–H groups in total. The maximum Gasteiger partial charge on any atom is 0.264 e. The van der Waals surface area contributed by atoms with Gasteiger partial charge in [0, 0.05) is 19.0 Å². The first-order valence-electron chi connectivity index (χ1n) is 16.7. The first-order valence-corrected chi connectivity index (χ1v) is 18.2. The van der Waals surface area contributed by atoms with Crippen molar-refractivity contribution in [3.8, 4) is 11.5 Å². The highest BCUT2D eigenvalue weighted by Crippen LogP contribution is 2.29. The molecule has 5 rings (SSSR count). The molecule has 0 aliphatic rings. The van der Waals surface area contributed by atoms with Crippen LogP contribution in [0.2, 0.25) is 0 Å². The molecule has 0 saturated heterocycles. The Labute approximate surface area is 295 Å². The third kappa shape index (κ3) is 9.39. The smallest absolute Gasteiger partial charge is 0.264 e. The van der Waals surface area contributed by atoms with E-state index in [4.69, 9.17) is 4.74 Å². The van der Waals surface area contributed by atoms with Crippen molar-refractivity contribution in [3.05, 3.63) is 156 Å². The van der Waals surface area contributed by atoms with E-state index in [2.05, 4.69) is 5.32 Å². The van der Waals surface area contributed by atoms with Gasteiger partial charge < -0.3 is 15.0 Å². The summed E-state index contributed by atoms with van der Waals surface area (Å²) in [6, 6.07) is 40.1. The Bertz CT molecular complexity index is 1950. The summed E-state index contributed by atoms with van der Waals surface area (Å²) in [6.07, 6.45) is 0.959. The van der Waals surface area contributed by atoms with E-state index in [0.717, 1.165) is 21.0 Å². The summed E-state index contributed by atoms with van der Waals surface area (Å²) in [5.74, 6) is 0.324. The minimum Gasteiger partial charge on any atom is -0.457 e. The lowest BCUT2D eigenvalue weighted by Crippen LogP contribution is -2.54. The van der Waals surface area contributed by atoms with Crippen LogP contribution in [0.4, 0.5) is 5.69 Å². The van der Waals surface area contributed by atoms with Gasteiger partial charge >= 0.3 is 0 Å². The number of nitrogens with one attached hydrogen (secondary N) is 1. The summed E-state index contributed by atoms with van der Waals surface area (Å²) in [7, 11) is -4.22. The van der Waals surface area contributed by atoms with Gasteiger partial charge in [-0.1, -0.05) is 103 Å². The fourth-order valence-electron chi connectivity index (χ4n) is 5.56. The Kier molecular flexibility index (Phi) is 12.1. The highest BCUT2D eigenvalue weighted by atomic mass is 32.2. The van der Waals surface area contributed by atoms with Crippen molar-refractivity contribution in [2.45, 2.75) is 57.1 Å². The van der Waals surface area contributed by atoms with Crippen LogP contribution >= 0.6 is 0 Å². The summed E-state index contributed by atoms with van der Waals surface area (Å²) in [5, 5.41) is 3.07. The molecule has 258 valence electrons. The number of nitrogens with zero attached hydrogens (tertiary/aromatic N) is 2. The van der Waals surface area contributed by atoms with Crippen molar-refractivity contribution < 1.29 is 22.7 Å². The number of rotatable bonds is 15. The van der Waals surface area contributed by atoms with Gasteiger partial charge in [-0.2, -0.15) is 0 Å². The summed E-state index contributed by atoms with van der Waals surface area (Å²) in [4.78, 5) is 30.3. The lowest BCUT2D eigenvalue weighted by molar-refractivity contribution is -0.140. The van der Waals surface area contributed by atoms with Crippen LogP contribution in [-0.2, 0) is 32.6 Å². The zero-order chi connectivity index (χ0) is 35.5. The Morgan fingerprint density at radius 1 is 0.740 bits per heavy atom. The third-order valence-corrected chi connectivity index (χ3v) is 10.2. The van der Waals surface area contributed by atoms with E-state index < -0.39 is 28.5 Å². The van der Waals surface area contributed by atoms with E-state index in [-0.39, 0.29) is 35.5 Å². The number of ether oxygens (including phenoxy) is 1. The van der Waals surface area contributed by atoms with Crippen molar-refractivity contribution >= 4 is 27.5 Å². The van der Waals surface area contributed by atoms with Gasteiger partial charge in [-0.15, -0.1) is 0 Å². The predicted molar refractivity (Wildman–Crippen MR) is 197 cm³/mol. The number of amides is 2. The summed E-state index contributed by atoms with van der Waals surface area (Å²) < 4.78 is 35.6. The van der Waals surface area contributed by atoms with Crippen molar-refractivity contribution in [2.24, 2.45) is 0 Å². The molecule has 5 aromatic carbocycles. The molecule has 2 unspecified atom stereocenters. The minimum absolute atomic E-state index is 0.0398. The number of sulfonamides is 1. The molecule has 5 aromatic rings. The van der Waals surface area contributed by atoms with Gasteiger partial charge in [0.1, 0.15) is 24.1 Å². The first-order chi connectivity index (χ1) is 24.1. The van der Waals surface area contributed by atoms with Gasteiger partial charge in [-0.25, -0.2) is 8.42 Å². The number of anilines is 1. The van der Waals surface area contributed by atoms with Crippen molar-refractivity contribution in [1.82, 2.24) is 10.2 Å². The Morgan fingerprint density at radius 3 is 1.94 bits per heavy atom. The molecule has 0 bridgehead atoms. The highest BCUT2D eigenvalue weighted by molar-refractivity contribution is 7.92. The van der Waals surface area contributed by atoms with E-state index in [1.807, 2.05) is 106 Å². The summed E-state index contributed by atoms with van der Waals surface area (Å²) in [6.45, 7) is 5.43. The van der Waals surface area contributed by atoms with E-state index in [1.54, 1.807) is 42.5 Å². The zero-order valence-corrected chi connectivity index (χ0v) is 29.4. The standard InChI is InChI=1S/C41H43N3O5S/c1-4-32(3)42-41(46)39(28-33-16-8-5-9-17-33)43(29-34-18-14-15-31(2)27-34)40(45)30-44(50(47,48)38-21-12-7-13-22-38)35-23-25-37(26-24-35)49-36-19-10-6-11-20-36/h5-27,32,39H,4,28-30H2,1-3H3,(H,42,46). The van der Waals surface area contributed by atoms with Crippen LogP contribution in [-0.4, -0.2) is 43.8 Å². The predicted octanol–water partition coefficient (Wildman–Crippen LogP) is 7.54. The summed E-state index contributed by atoms with van der Waals surface area (Å²) >= 11 is 0. The fourth-order valence-corrected chi connectivity index (χ4v) is 6.99. The number of benzene rings is 5. The molecular formula is C41H43N3O5S. The van der Waals surface area contributed by atoms with Crippen LogP contribution < -0.4 is 14.4 Å². The molecule has 0 saturated carbocycles. The van der Waals surface area contributed by atoms with Gasteiger partial charge in [0.15, 0.2) is 0 Å². The lowest BCUT2D eigenvalue weighted by atomic mass is 10.0. The molecule has 0 aliphatic carbocycles. The average Bonchev–Trinajstić information content (AvgIpc) is 3.13. The van der Waals surface area contributed by atoms with Crippen LogP contribution in [0.1, 0.15) is 37.0 Å². The lowest BCUT2D eigenvalue weighted by Gasteiger charge is -2.34. The van der Waals surface area contributed by atoms with Gasteiger partial charge in [0.05, 0.1) is 10.6 Å². The van der Waals surface area contributed by atoms with Crippen LogP contribution in [0, 0.1) is 6.92 Å². The molecule has 8 nitrogen and oxygen atoms in total. The fraction of sp³-hybridized carbons (Fsp3) is 0.220. The number of hydrogen-bond acceptors (Lipinski definition) is 5. The summed E-state index contributed by atoms with van der Waals surface area (Å²) in [5.41, 5.74) is 2.99. The molecular weight excluding hydrogens is 647 g/mol. The number of aryl methyl sites for hydroxylation is 1. The Hall–Kier alpha value is -5.41. The molecule has 0 aliphatic heterocycles. The Balaban J connectivity index is 1.55. The molecule has 2 atom stereocenters. The monoisotopic (exact) mass is 689 g/mol. The highest BCUT2D eigenvalue weighted by Gasteiger charge is 2.35. The van der Waals surface area contributed by atoms with Crippen molar-refractivity contribution in [1.29, 1.82) is 0 Å². The van der Waals surface area contributed by atoms with Gasteiger partial charge in [0.25, 0.3) is 10.0 Å². The van der Waals surface area contributed by atoms with E-state index in [9.17, 15) is 18.0 Å². The zero-order valence-electron chi connectivity index (χ0n) is 28.6. The SMILES string of the molecule is CCC(C)NC(=O)C(Cc1ccccc1)N(Cc1cccc(C)c1)C(=O)CN(c1ccc(Oc2ccccc2)cc1)S(=O)(=O)c1ccccc1. The minimum atomic E-state index is -4.22. The van der Waals surface area contributed by atoms with Gasteiger partial charge in [-0.05, 0) is 79.9 Å². The van der Waals surface area contributed by atoms with Crippen molar-refractivity contribution in [2.75, 3.05) is 10.8 Å². The van der Waals surface area contributed by atoms with E-state index in [1.165, 1.54) is 17.0 Å². The van der Waals surface area contributed by atoms with Crippen LogP contribution in [0.5, 0.6) is 11.5 Å². The second-order valence-electron chi connectivity index (χ2n) is 12.3. The molecule has 2 amide bonds. The Morgan fingerprint density at radius 2 is 1.32 bits per heavy atom. The van der Waals surface area contributed by atoms with Gasteiger partial charge in [0.2, 0.25) is 11.8 Å². The second-order valence-corrected chi connectivity index (χ2v) is 14.1. The van der Waals surface area contributed by atoms with Crippen LogP contribution in [0.3, 0.4) is 0 Å². The first kappa shape index (κ1) is 35.9. The molecule has 0 spiro atoms. The third-order valence-electron chi connectivity index (χ3n) is 8.42. The molecule has 50 heavy (non-hydrogen) atoms. The molecule has 0 aromatic heterocycles. The number of para-hydroxylation sites is 1. The maximum absolute atomic E-state index is 14.7. The average molecular weight is 690 g/mol. The number of carbonyl (C=O) groups excluding carboxylic acids is 2. The topological polar surface area (TPSA) is 96.0 Å². The van der Waals surface area contributed by atoms with Crippen LogP contribution in [0.25, 0.3) is 0 Å². The van der Waals surface area contributed by atoms with Crippen LogP contribution in [0.15, 0.2) is 144 Å². The van der Waals surface area contributed by atoms with E-state index in [0.29, 0.717) is 17.9 Å². The van der Waals surface area contributed by atoms with Crippen molar-refractivity contribution in [3.63, 3.8) is 0 Å². The molecule has 0 radical (unpaired) electrons. The normalized spacial score (nSPS) is 12.4. The van der Waals surface area contributed by atoms with E-state index >= 15 is 0 Å². The quantitative estimate of drug-likeness (QED) is 0.123.